The molecule has 0 fully saturated rings. The van der Waals surface area contributed by atoms with Gasteiger partial charge in [0.2, 0.25) is 0 Å². The molecule has 11 heavy (non-hydrogen) atoms. The standard InChI is InChI=1S/C8H9N3/c1-6-4-7-2-3-8(9)10-11(7)5-6/h2-5H,1H3,(H2,9,10). The molecule has 56 valence electrons. The number of aromatic nitrogens is 2. The Morgan fingerprint density at radius 3 is 3.09 bits per heavy atom. The van der Waals surface area contributed by atoms with Crippen molar-refractivity contribution < 1.29 is 0 Å². The zero-order chi connectivity index (χ0) is 7.84. The zero-order valence-electron chi connectivity index (χ0n) is 6.28. The van der Waals surface area contributed by atoms with Crippen molar-refractivity contribution in [2.75, 3.05) is 5.73 Å². The second-order valence-electron chi connectivity index (χ2n) is 2.65. The Balaban J connectivity index is 2.82. The second-order valence-corrected chi connectivity index (χ2v) is 2.65. The first-order valence-electron chi connectivity index (χ1n) is 3.47. The Hall–Kier alpha value is -1.51. The number of fused-ring (bicyclic) bond motifs is 1. The highest BCUT2D eigenvalue weighted by atomic mass is 15.2. The largest absolute Gasteiger partial charge is 0.382 e. The molecule has 0 aromatic carbocycles. The van der Waals surface area contributed by atoms with Crippen molar-refractivity contribution in [3.63, 3.8) is 0 Å². The molecule has 0 aliphatic carbocycles. The molecule has 0 aliphatic rings. The first-order valence-corrected chi connectivity index (χ1v) is 3.47. The summed E-state index contributed by atoms with van der Waals surface area (Å²) in [5, 5.41) is 4.09. The van der Waals surface area contributed by atoms with Gasteiger partial charge in [-0.3, -0.25) is 0 Å². The highest BCUT2D eigenvalue weighted by Gasteiger charge is 1.95. The van der Waals surface area contributed by atoms with E-state index in [1.165, 1.54) is 5.56 Å². The van der Waals surface area contributed by atoms with Crippen LogP contribution in [-0.4, -0.2) is 9.61 Å². The molecule has 0 atom stereocenters. The number of hydrogen-bond acceptors (Lipinski definition) is 2. The molecule has 0 radical (unpaired) electrons. The minimum atomic E-state index is 0.549. The summed E-state index contributed by atoms with van der Waals surface area (Å²) in [6.45, 7) is 2.03. The van der Waals surface area contributed by atoms with Crippen LogP contribution in [-0.2, 0) is 0 Å². The third-order valence-electron chi connectivity index (χ3n) is 1.61. The zero-order valence-corrected chi connectivity index (χ0v) is 6.28. The SMILES string of the molecule is Cc1cc2ccc(N)nn2c1. The molecular weight excluding hydrogens is 138 g/mol. The fourth-order valence-electron chi connectivity index (χ4n) is 1.14. The van der Waals surface area contributed by atoms with E-state index in [1.54, 1.807) is 10.6 Å². The van der Waals surface area contributed by atoms with Gasteiger partial charge in [0.1, 0.15) is 5.82 Å². The molecule has 3 nitrogen and oxygen atoms in total. The van der Waals surface area contributed by atoms with Crippen molar-refractivity contribution >= 4 is 11.3 Å². The lowest BCUT2D eigenvalue weighted by Crippen LogP contribution is -1.95. The molecule has 0 unspecified atom stereocenters. The van der Waals surface area contributed by atoms with Crippen molar-refractivity contribution in [2.24, 2.45) is 0 Å². The van der Waals surface area contributed by atoms with Crippen LogP contribution >= 0.6 is 0 Å². The Morgan fingerprint density at radius 2 is 2.27 bits per heavy atom. The van der Waals surface area contributed by atoms with Crippen LogP contribution in [0.2, 0.25) is 0 Å². The normalized spacial score (nSPS) is 10.6. The lowest BCUT2D eigenvalue weighted by molar-refractivity contribution is 0.947. The van der Waals surface area contributed by atoms with Crippen molar-refractivity contribution in [2.45, 2.75) is 6.92 Å². The van der Waals surface area contributed by atoms with Gasteiger partial charge < -0.3 is 5.73 Å². The quantitative estimate of drug-likeness (QED) is 0.609. The summed E-state index contributed by atoms with van der Waals surface area (Å²) >= 11 is 0. The van der Waals surface area contributed by atoms with Gasteiger partial charge in [-0.2, -0.15) is 5.10 Å². The van der Waals surface area contributed by atoms with Gasteiger partial charge in [0.25, 0.3) is 0 Å². The molecule has 0 saturated carbocycles. The molecule has 3 heteroatoms. The summed E-state index contributed by atoms with van der Waals surface area (Å²) in [5.74, 6) is 0.549. The van der Waals surface area contributed by atoms with Gasteiger partial charge in [0, 0.05) is 6.20 Å². The van der Waals surface area contributed by atoms with Gasteiger partial charge in [0.15, 0.2) is 0 Å². The number of hydrogen-bond donors (Lipinski definition) is 1. The maximum absolute atomic E-state index is 5.50. The minimum absolute atomic E-state index is 0.549. The van der Waals surface area contributed by atoms with Crippen molar-refractivity contribution in [3.8, 4) is 0 Å². The summed E-state index contributed by atoms with van der Waals surface area (Å²) in [6.07, 6.45) is 1.95. The van der Waals surface area contributed by atoms with E-state index in [4.69, 9.17) is 5.73 Å². The lowest BCUT2D eigenvalue weighted by Gasteiger charge is -1.93. The number of nitrogen functional groups attached to an aromatic ring is 1. The molecule has 2 N–H and O–H groups in total. The van der Waals surface area contributed by atoms with Crippen LogP contribution in [0, 0.1) is 6.92 Å². The number of anilines is 1. The Bertz CT molecular complexity index is 389. The average Bonchev–Trinajstić information content (AvgIpc) is 2.27. The van der Waals surface area contributed by atoms with Gasteiger partial charge in [0.05, 0.1) is 5.52 Å². The van der Waals surface area contributed by atoms with Crippen molar-refractivity contribution in [1.29, 1.82) is 0 Å². The van der Waals surface area contributed by atoms with Gasteiger partial charge >= 0.3 is 0 Å². The average molecular weight is 147 g/mol. The van der Waals surface area contributed by atoms with E-state index < -0.39 is 0 Å². The van der Waals surface area contributed by atoms with E-state index in [2.05, 4.69) is 11.2 Å². The van der Waals surface area contributed by atoms with E-state index in [9.17, 15) is 0 Å². The van der Waals surface area contributed by atoms with E-state index in [0.717, 1.165) is 5.52 Å². The Labute approximate surface area is 64.4 Å². The van der Waals surface area contributed by atoms with Crippen LogP contribution in [0.1, 0.15) is 5.56 Å². The van der Waals surface area contributed by atoms with Gasteiger partial charge in [-0.05, 0) is 30.7 Å². The van der Waals surface area contributed by atoms with Crippen LogP contribution < -0.4 is 5.73 Å². The predicted octanol–water partition coefficient (Wildman–Crippen LogP) is 1.22. The van der Waals surface area contributed by atoms with Gasteiger partial charge in [-0.15, -0.1) is 0 Å². The van der Waals surface area contributed by atoms with Crippen LogP contribution in [0.3, 0.4) is 0 Å². The molecular formula is C8H9N3. The van der Waals surface area contributed by atoms with Crippen LogP contribution in [0.25, 0.3) is 5.52 Å². The van der Waals surface area contributed by atoms with Crippen LogP contribution in [0.15, 0.2) is 24.4 Å². The van der Waals surface area contributed by atoms with E-state index in [0.29, 0.717) is 5.82 Å². The molecule has 2 aromatic heterocycles. The summed E-state index contributed by atoms with van der Waals surface area (Å²) < 4.78 is 1.78. The highest BCUT2D eigenvalue weighted by Crippen LogP contribution is 2.08. The molecule has 0 aliphatic heterocycles. The Morgan fingerprint density at radius 1 is 1.45 bits per heavy atom. The molecule has 0 spiro atoms. The smallest absolute Gasteiger partial charge is 0.144 e. The van der Waals surface area contributed by atoms with Crippen molar-refractivity contribution in [3.05, 3.63) is 30.0 Å². The van der Waals surface area contributed by atoms with Crippen LogP contribution in [0.5, 0.6) is 0 Å². The molecule has 0 saturated heterocycles. The Kier molecular flexibility index (Phi) is 1.12. The summed E-state index contributed by atoms with van der Waals surface area (Å²) in [6, 6.07) is 5.82. The molecule has 2 rings (SSSR count). The third-order valence-corrected chi connectivity index (χ3v) is 1.61. The van der Waals surface area contributed by atoms with Crippen LogP contribution in [0.4, 0.5) is 5.82 Å². The van der Waals surface area contributed by atoms with E-state index in [-0.39, 0.29) is 0 Å². The molecule has 0 amide bonds. The van der Waals surface area contributed by atoms with E-state index >= 15 is 0 Å². The van der Waals surface area contributed by atoms with E-state index in [1.807, 2.05) is 19.2 Å². The lowest BCUT2D eigenvalue weighted by atomic mass is 10.3. The maximum Gasteiger partial charge on any atom is 0.144 e. The predicted molar refractivity (Wildman–Crippen MR) is 44.3 cm³/mol. The summed E-state index contributed by atoms with van der Waals surface area (Å²) in [7, 11) is 0. The van der Waals surface area contributed by atoms with Gasteiger partial charge in [-0.1, -0.05) is 0 Å². The first-order chi connectivity index (χ1) is 5.25. The number of rotatable bonds is 0. The summed E-state index contributed by atoms with van der Waals surface area (Å²) in [5.41, 5.74) is 7.78. The number of nitrogens with zero attached hydrogens (tertiary/aromatic N) is 2. The number of nitrogens with two attached hydrogens (primary N) is 1. The molecule has 2 aromatic rings. The number of aryl methyl sites for hydroxylation is 1. The minimum Gasteiger partial charge on any atom is -0.382 e. The highest BCUT2D eigenvalue weighted by molar-refractivity contribution is 5.51. The van der Waals surface area contributed by atoms with Gasteiger partial charge in [-0.25, -0.2) is 4.52 Å². The fraction of sp³-hybridized carbons (Fsp3) is 0.125. The topological polar surface area (TPSA) is 43.3 Å². The second kappa shape index (κ2) is 1.99. The summed E-state index contributed by atoms with van der Waals surface area (Å²) in [4.78, 5) is 0. The van der Waals surface area contributed by atoms with Crippen molar-refractivity contribution in [1.82, 2.24) is 9.61 Å². The monoisotopic (exact) mass is 147 g/mol. The fourth-order valence-corrected chi connectivity index (χ4v) is 1.14. The third kappa shape index (κ3) is 0.941. The first kappa shape index (κ1) is 6.22. The molecule has 0 bridgehead atoms. The maximum atomic E-state index is 5.50. The molecule has 2 heterocycles.